The largest absolute Gasteiger partial charge is 0.481 e. The lowest BCUT2D eigenvalue weighted by molar-refractivity contribution is -0.145. The molecular formula is C11H19N3O6. The smallest absolute Gasteiger partial charge is 0.326 e. The van der Waals surface area contributed by atoms with Crippen LogP contribution in [0, 0.1) is 0 Å². The summed E-state index contributed by atoms with van der Waals surface area (Å²) in [6.07, 6.45) is -0.736. The fourth-order valence-electron chi connectivity index (χ4n) is 1.37. The highest BCUT2D eigenvalue weighted by Crippen LogP contribution is 1.97. The van der Waals surface area contributed by atoms with Crippen LogP contribution in [0.1, 0.15) is 20.3 Å². The summed E-state index contributed by atoms with van der Waals surface area (Å²) in [6.45, 7) is 3.71. The van der Waals surface area contributed by atoms with Crippen LogP contribution in [0.4, 0.5) is 4.79 Å². The van der Waals surface area contributed by atoms with Crippen LogP contribution in [-0.2, 0) is 14.4 Å². The number of hydrogen-bond acceptors (Lipinski definition) is 4. The Morgan fingerprint density at radius 1 is 1.15 bits per heavy atom. The van der Waals surface area contributed by atoms with E-state index in [0.29, 0.717) is 6.54 Å². The Morgan fingerprint density at radius 3 is 2.15 bits per heavy atom. The van der Waals surface area contributed by atoms with Crippen LogP contribution in [-0.4, -0.2) is 64.7 Å². The molecule has 1 atom stereocenters. The minimum absolute atomic E-state index is 0.183. The van der Waals surface area contributed by atoms with Crippen molar-refractivity contribution < 1.29 is 29.4 Å². The van der Waals surface area contributed by atoms with Crippen molar-refractivity contribution in [2.24, 2.45) is 0 Å². The molecule has 0 saturated carbocycles. The Hall–Kier alpha value is -2.32. The SMILES string of the molecule is CCNC(=O)CN(CC)C(=O)N[C@H](CC(=O)O)C(=O)O. The zero-order valence-corrected chi connectivity index (χ0v) is 11.4. The van der Waals surface area contributed by atoms with Gasteiger partial charge in [0.25, 0.3) is 0 Å². The topological polar surface area (TPSA) is 136 Å². The number of urea groups is 1. The second-order valence-corrected chi connectivity index (χ2v) is 3.91. The normalized spacial score (nSPS) is 11.3. The van der Waals surface area contributed by atoms with E-state index in [1.807, 2.05) is 0 Å². The average molecular weight is 289 g/mol. The molecule has 0 rings (SSSR count). The van der Waals surface area contributed by atoms with E-state index in [1.54, 1.807) is 13.8 Å². The predicted octanol–water partition coefficient (Wildman–Crippen LogP) is -0.918. The Labute approximate surface area is 115 Å². The molecule has 9 heteroatoms. The molecule has 114 valence electrons. The number of carbonyl (C=O) groups is 4. The van der Waals surface area contributed by atoms with Crippen LogP contribution in [0.25, 0.3) is 0 Å². The van der Waals surface area contributed by atoms with Crippen molar-refractivity contribution in [3.8, 4) is 0 Å². The Bertz CT molecular complexity index is 384. The zero-order chi connectivity index (χ0) is 15.7. The van der Waals surface area contributed by atoms with E-state index in [2.05, 4.69) is 10.6 Å². The van der Waals surface area contributed by atoms with E-state index in [9.17, 15) is 19.2 Å². The maximum atomic E-state index is 11.8. The number of nitrogens with one attached hydrogen (secondary N) is 2. The van der Waals surface area contributed by atoms with Crippen molar-refractivity contribution in [2.45, 2.75) is 26.3 Å². The number of carboxylic acids is 2. The molecule has 3 amide bonds. The number of carbonyl (C=O) groups excluding carboxylic acids is 2. The first-order valence-electron chi connectivity index (χ1n) is 6.08. The van der Waals surface area contributed by atoms with Gasteiger partial charge in [-0.2, -0.15) is 0 Å². The second-order valence-electron chi connectivity index (χ2n) is 3.91. The van der Waals surface area contributed by atoms with Gasteiger partial charge in [0.2, 0.25) is 5.91 Å². The summed E-state index contributed by atoms with van der Waals surface area (Å²) < 4.78 is 0. The minimum atomic E-state index is -1.54. The van der Waals surface area contributed by atoms with Crippen molar-refractivity contribution in [3.63, 3.8) is 0 Å². The molecule has 0 bridgehead atoms. The van der Waals surface area contributed by atoms with Crippen molar-refractivity contribution >= 4 is 23.9 Å². The Balaban J connectivity index is 4.62. The van der Waals surface area contributed by atoms with E-state index >= 15 is 0 Å². The third-order valence-electron chi connectivity index (χ3n) is 2.35. The first kappa shape index (κ1) is 17.7. The maximum absolute atomic E-state index is 11.8. The molecule has 0 aliphatic heterocycles. The summed E-state index contributed by atoms with van der Waals surface area (Å²) in [7, 11) is 0. The molecule has 0 aromatic rings. The molecule has 4 N–H and O–H groups in total. The van der Waals surface area contributed by atoms with Gasteiger partial charge in [0, 0.05) is 13.1 Å². The third-order valence-corrected chi connectivity index (χ3v) is 2.35. The number of nitrogens with zero attached hydrogens (tertiary/aromatic N) is 1. The standard InChI is InChI=1S/C11H19N3O6/c1-3-12-8(15)6-14(4-2)11(20)13-7(10(18)19)5-9(16)17/h7H,3-6H2,1-2H3,(H,12,15)(H,13,20)(H,16,17)(H,18,19)/t7-/m1/s1. The summed E-state index contributed by atoms with van der Waals surface area (Å²) in [6, 6.07) is -2.34. The van der Waals surface area contributed by atoms with Crippen LogP contribution in [0.3, 0.4) is 0 Å². The van der Waals surface area contributed by atoms with E-state index in [0.717, 1.165) is 4.90 Å². The molecule has 0 fully saturated rings. The highest BCUT2D eigenvalue weighted by Gasteiger charge is 2.25. The monoisotopic (exact) mass is 289 g/mol. The molecule has 0 spiro atoms. The first-order chi connectivity index (χ1) is 9.31. The predicted molar refractivity (Wildman–Crippen MR) is 68.1 cm³/mol. The lowest BCUT2D eigenvalue weighted by Crippen LogP contribution is -2.51. The van der Waals surface area contributed by atoms with Gasteiger partial charge in [-0.05, 0) is 13.8 Å². The maximum Gasteiger partial charge on any atom is 0.326 e. The van der Waals surface area contributed by atoms with Gasteiger partial charge in [-0.15, -0.1) is 0 Å². The number of rotatable bonds is 8. The van der Waals surface area contributed by atoms with Crippen LogP contribution < -0.4 is 10.6 Å². The molecule has 0 aliphatic rings. The van der Waals surface area contributed by atoms with Crippen LogP contribution >= 0.6 is 0 Å². The Morgan fingerprint density at radius 2 is 1.75 bits per heavy atom. The molecular weight excluding hydrogens is 270 g/mol. The zero-order valence-electron chi connectivity index (χ0n) is 11.4. The number of carboxylic acid groups (broad SMARTS) is 2. The third kappa shape index (κ3) is 6.57. The van der Waals surface area contributed by atoms with Crippen molar-refractivity contribution in [2.75, 3.05) is 19.6 Å². The number of hydrogen-bond donors (Lipinski definition) is 4. The van der Waals surface area contributed by atoms with Gasteiger partial charge in [-0.1, -0.05) is 0 Å². The van der Waals surface area contributed by atoms with Crippen LogP contribution in [0.2, 0.25) is 0 Å². The molecule has 0 heterocycles. The van der Waals surface area contributed by atoms with Gasteiger partial charge in [0.1, 0.15) is 12.6 Å². The van der Waals surface area contributed by atoms with Gasteiger partial charge < -0.3 is 25.7 Å². The Kier molecular flexibility index (Phi) is 7.71. The fraction of sp³-hybridized carbons (Fsp3) is 0.636. The summed E-state index contributed by atoms with van der Waals surface area (Å²) in [4.78, 5) is 45.6. The summed E-state index contributed by atoms with van der Waals surface area (Å²) in [5.41, 5.74) is 0. The fourth-order valence-corrected chi connectivity index (χ4v) is 1.37. The number of amides is 3. The molecule has 0 aromatic carbocycles. The molecule has 9 nitrogen and oxygen atoms in total. The van der Waals surface area contributed by atoms with E-state index in [4.69, 9.17) is 10.2 Å². The molecule has 0 aromatic heterocycles. The van der Waals surface area contributed by atoms with Gasteiger partial charge in [-0.3, -0.25) is 9.59 Å². The highest BCUT2D eigenvalue weighted by atomic mass is 16.4. The first-order valence-corrected chi connectivity index (χ1v) is 6.08. The molecule has 0 saturated heterocycles. The van der Waals surface area contributed by atoms with Crippen molar-refractivity contribution in [1.29, 1.82) is 0 Å². The minimum Gasteiger partial charge on any atom is -0.481 e. The van der Waals surface area contributed by atoms with Gasteiger partial charge in [0.15, 0.2) is 0 Å². The summed E-state index contributed by atoms with van der Waals surface area (Å²) >= 11 is 0. The summed E-state index contributed by atoms with van der Waals surface area (Å²) in [5, 5.41) is 22.0. The van der Waals surface area contributed by atoms with Crippen molar-refractivity contribution in [3.05, 3.63) is 0 Å². The molecule has 20 heavy (non-hydrogen) atoms. The van der Waals surface area contributed by atoms with Gasteiger partial charge in [-0.25, -0.2) is 9.59 Å². The van der Waals surface area contributed by atoms with Crippen molar-refractivity contribution in [1.82, 2.24) is 15.5 Å². The van der Waals surface area contributed by atoms with Gasteiger partial charge in [0.05, 0.1) is 6.42 Å². The van der Waals surface area contributed by atoms with Gasteiger partial charge >= 0.3 is 18.0 Å². The van der Waals surface area contributed by atoms with E-state index < -0.39 is 30.4 Å². The summed E-state index contributed by atoms with van der Waals surface area (Å²) in [5.74, 6) is -3.17. The highest BCUT2D eigenvalue weighted by molar-refractivity contribution is 5.88. The molecule has 0 radical (unpaired) electrons. The number of likely N-dealkylation sites (N-methyl/N-ethyl adjacent to an activating group) is 2. The lowest BCUT2D eigenvalue weighted by atomic mass is 10.2. The van der Waals surface area contributed by atoms with Crippen LogP contribution in [0.15, 0.2) is 0 Å². The lowest BCUT2D eigenvalue weighted by Gasteiger charge is -2.22. The molecule has 0 unspecified atom stereocenters. The number of aliphatic carboxylic acids is 2. The second kappa shape index (κ2) is 8.73. The van der Waals surface area contributed by atoms with E-state index in [-0.39, 0.29) is 19.0 Å². The average Bonchev–Trinajstić information content (AvgIpc) is 2.34. The quantitative estimate of drug-likeness (QED) is 0.456. The van der Waals surface area contributed by atoms with E-state index in [1.165, 1.54) is 0 Å². The van der Waals surface area contributed by atoms with Crippen LogP contribution in [0.5, 0.6) is 0 Å². The molecule has 0 aliphatic carbocycles.